The van der Waals surface area contributed by atoms with Gasteiger partial charge in [-0.3, -0.25) is 9.59 Å². The Hall–Kier alpha value is -3.39. The van der Waals surface area contributed by atoms with Gasteiger partial charge in [0.2, 0.25) is 5.91 Å². The van der Waals surface area contributed by atoms with E-state index < -0.39 is 5.82 Å². The number of fused-ring (bicyclic) bond motifs is 1. The van der Waals surface area contributed by atoms with Gasteiger partial charge in [-0.1, -0.05) is 38.5 Å². The number of carbonyl (C=O) groups excluding carboxylic acids is 2. The van der Waals surface area contributed by atoms with Crippen molar-refractivity contribution in [3.63, 3.8) is 0 Å². The molecule has 2 atom stereocenters. The van der Waals surface area contributed by atoms with Gasteiger partial charge in [-0.05, 0) is 59.7 Å². The van der Waals surface area contributed by atoms with Crippen molar-refractivity contribution >= 4 is 23.2 Å². The zero-order valence-corrected chi connectivity index (χ0v) is 22.3. The fourth-order valence-electron chi connectivity index (χ4n) is 4.52. The third-order valence-corrected chi connectivity index (χ3v) is 7.80. The van der Waals surface area contributed by atoms with Crippen LogP contribution in [0.5, 0.6) is 11.5 Å². The molecule has 0 aliphatic carbocycles. The lowest BCUT2D eigenvalue weighted by Crippen LogP contribution is -2.48. The molecule has 0 saturated carbocycles. The van der Waals surface area contributed by atoms with Crippen molar-refractivity contribution in [3.05, 3.63) is 81.8 Å². The van der Waals surface area contributed by atoms with Crippen molar-refractivity contribution in [1.82, 2.24) is 9.80 Å². The van der Waals surface area contributed by atoms with Crippen LogP contribution in [-0.2, 0) is 11.2 Å². The van der Waals surface area contributed by atoms with Crippen LogP contribution in [0.3, 0.4) is 0 Å². The molecular weight excluding hydrogens is 491 g/mol. The van der Waals surface area contributed by atoms with Crippen LogP contribution in [-0.4, -0.2) is 55.0 Å². The summed E-state index contributed by atoms with van der Waals surface area (Å²) in [5, 5.41) is 2.01. The van der Waals surface area contributed by atoms with Gasteiger partial charge in [0.25, 0.3) is 5.91 Å². The Balaban J connectivity index is 1.56. The van der Waals surface area contributed by atoms with Crippen molar-refractivity contribution in [2.24, 2.45) is 5.92 Å². The van der Waals surface area contributed by atoms with Gasteiger partial charge in [0.1, 0.15) is 18.9 Å². The van der Waals surface area contributed by atoms with Crippen molar-refractivity contribution in [2.45, 2.75) is 32.7 Å². The highest BCUT2D eigenvalue weighted by Gasteiger charge is 2.34. The van der Waals surface area contributed by atoms with Crippen LogP contribution in [0.25, 0.3) is 0 Å². The molecule has 1 aromatic heterocycles. The number of nitrogens with zero attached hydrogens (tertiary/aromatic N) is 2. The summed E-state index contributed by atoms with van der Waals surface area (Å²) in [4.78, 5) is 31.9. The molecule has 0 saturated heterocycles. The summed E-state index contributed by atoms with van der Waals surface area (Å²) < 4.78 is 25.4. The average Bonchev–Trinajstić information content (AvgIpc) is 3.40. The largest absolute Gasteiger partial charge is 0.497 e. The molecule has 0 radical (unpaired) electrons. The molecule has 0 N–H and O–H groups in total. The Morgan fingerprint density at radius 3 is 2.76 bits per heavy atom. The Bertz CT molecular complexity index is 1230. The number of rotatable bonds is 10. The van der Waals surface area contributed by atoms with Crippen LogP contribution in [0.15, 0.2) is 60.0 Å². The van der Waals surface area contributed by atoms with Gasteiger partial charge in [-0.15, -0.1) is 11.3 Å². The third-order valence-electron chi connectivity index (χ3n) is 6.81. The summed E-state index contributed by atoms with van der Waals surface area (Å²) >= 11 is 1.65. The summed E-state index contributed by atoms with van der Waals surface area (Å²) in [7, 11) is 1.56. The first-order valence-electron chi connectivity index (χ1n) is 12.6. The molecule has 2 heterocycles. The first kappa shape index (κ1) is 26.7. The SMILES string of the molecule is CC[C@H](C)CN(CC(=O)N1CCc2sccc2[C@@H]1COc1ccccc1F)C(=O)c1cccc(OC)c1. The van der Waals surface area contributed by atoms with Crippen LogP contribution in [0, 0.1) is 11.7 Å². The van der Waals surface area contributed by atoms with E-state index in [-0.39, 0.29) is 42.7 Å². The van der Waals surface area contributed by atoms with Gasteiger partial charge in [0.15, 0.2) is 11.6 Å². The maximum atomic E-state index is 14.2. The Morgan fingerprint density at radius 1 is 1.19 bits per heavy atom. The van der Waals surface area contributed by atoms with Gasteiger partial charge in [0.05, 0.1) is 13.2 Å². The maximum Gasteiger partial charge on any atom is 0.254 e. The first-order chi connectivity index (χ1) is 17.9. The molecule has 1 aliphatic rings. The standard InChI is InChI=1S/C29H33FN2O4S/c1-4-20(2)17-31(29(34)21-8-7-9-22(16-21)35-3)18-28(33)32-14-12-27-23(13-15-37-27)25(32)19-36-26-11-6-5-10-24(26)30/h5-11,13,15-16,20,25H,4,12,14,17-19H2,1-3H3/t20-,25-/m0/s1. The summed E-state index contributed by atoms with van der Waals surface area (Å²) in [5.41, 5.74) is 1.50. The summed E-state index contributed by atoms with van der Waals surface area (Å²) in [6.07, 6.45) is 1.63. The van der Waals surface area contributed by atoms with E-state index in [2.05, 4.69) is 13.8 Å². The van der Waals surface area contributed by atoms with Crippen molar-refractivity contribution in [2.75, 3.05) is 33.4 Å². The molecule has 3 aromatic rings. The first-order valence-corrected chi connectivity index (χ1v) is 13.5. The van der Waals surface area contributed by atoms with E-state index in [1.807, 2.05) is 11.4 Å². The molecule has 2 aromatic carbocycles. The minimum Gasteiger partial charge on any atom is -0.497 e. The van der Waals surface area contributed by atoms with E-state index in [1.165, 1.54) is 10.9 Å². The van der Waals surface area contributed by atoms with Gasteiger partial charge in [-0.2, -0.15) is 0 Å². The number of carbonyl (C=O) groups is 2. The van der Waals surface area contributed by atoms with Crippen LogP contribution in [0.2, 0.25) is 0 Å². The smallest absolute Gasteiger partial charge is 0.254 e. The van der Waals surface area contributed by atoms with E-state index in [9.17, 15) is 14.0 Å². The number of hydrogen-bond acceptors (Lipinski definition) is 5. The third kappa shape index (κ3) is 6.31. The molecule has 196 valence electrons. The molecule has 6 nitrogen and oxygen atoms in total. The van der Waals surface area contributed by atoms with Crippen LogP contribution >= 0.6 is 11.3 Å². The highest BCUT2D eigenvalue weighted by molar-refractivity contribution is 7.10. The maximum absolute atomic E-state index is 14.2. The Morgan fingerprint density at radius 2 is 2.00 bits per heavy atom. The predicted octanol–water partition coefficient (Wildman–Crippen LogP) is 5.59. The summed E-state index contributed by atoms with van der Waals surface area (Å²) in [6, 6.07) is 14.9. The molecular formula is C29H33FN2O4S. The Kier molecular flexibility index (Phi) is 8.82. The lowest BCUT2D eigenvalue weighted by atomic mass is 10.00. The average molecular weight is 525 g/mol. The number of methoxy groups -OCH3 is 1. The Labute approximate surface area is 221 Å². The number of para-hydroxylation sites is 1. The highest BCUT2D eigenvalue weighted by atomic mass is 32.1. The monoisotopic (exact) mass is 524 g/mol. The minimum absolute atomic E-state index is 0.0456. The van der Waals surface area contributed by atoms with E-state index in [1.54, 1.807) is 70.7 Å². The number of hydrogen-bond donors (Lipinski definition) is 0. The van der Waals surface area contributed by atoms with Crippen molar-refractivity contribution in [1.29, 1.82) is 0 Å². The molecule has 0 unspecified atom stereocenters. The summed E-state index contributed by atoms with van der Waals surface area (Å²) in [5.74, 6) is 0.173. The second-order valence-corrected chi connectivity index (χ2v) is 10.3. The summed E-state index contributed by atoms with van der Waals surface area (Å²) in [6.45, 7) is 5.20. The van der Waals surface area contributed by atoms with Gasteiger partial charge in [-0.25, -0.2) is 4.39 Å². The van der Waals surface area contributed by atoms with Crippen LogP contribution < -0.4 is 9.47 Å². The topological polar surface area (TPSA) is 59.1 Å². The van der Waals surface area contributed by atoms with E-state index in [0.29, 0.717) is 24.4 Å². The van der Waals surface area contributed by atoms with Crippen LogP contribution in [0.1, 0.15) is 47.1 Å². The molecule has 37 heavy (non-hydrogen) atoms. The van der Waals surface area contributed by atoms with E-state index in [4.69, 9.17) is 9.47 Å². The molecule has 8 heteroatoms. The zero-order valence-electron chi connectivity index (χ0n) is 21.5. The normalized spacial score (nSPS) is 15.6. The highest BCUT2D eigenvalue weighted by Crippen LogP contribution is 2.34. The molecule has 0 bridgehead atoms. The second kappa shape index (κ2) is 12.2. The minimum atomic E-state index is -0.439. The predicted molar refractivity (Wildman–Crippen MR) is 143 cm³/mol. The number of halogens is 1. The molecule has 4 rings (SSSR count). The number of amides is 2. The van der Waals surface area contributed by atoms with Gasteiger partial charge < -0.3 is 19.3 Å². The van der Waals surface area contributed by atoms with Gasteiger partial charge in [0, 0.05) is 23.5 Å². The van der Waals surface area contributed by atoms with Gasteiger partial charge >= 0.3 is 0 Å². The van der Waals surface area contributed by atoms with Crippen LogP contribution in [0.4, 0.5) is 4.39 Å². The second-order valence-electron chi connectivity index (χ2n) is 9.32. The number of thiophene rings is 1. The lowest BCUT2D eigenvalue weighted by Gasteiger charge is -2.37. The molecule has 0 spiro atoms. The van der Waals surface area contributed by atoms with Crippen molar-refractivity contribution in [3.8, 4) is 11.5 Å². The zero-order chi connectivity index (χ0) is 26.4. The molecule has 0 fully saturated rings. The van der Waals surface area contributed by atoms with E-state index in [0.717, 1.165) is 18.4 Å². The lowest BCUT2D eigenvalue weighted by molar-refractivity contribution is -0.135. The quantitative estimate of drug-likeness (QED) is 0.347. The fourth-order valence-corrected chi connectivity index (χ4v) is 5.45. The van der Waals surface area contributed by atoms with E-state index >= 15 is 0 Å². The number of benzene rings is 2. The van der Waals surface area contributed by atoms with Crippen molar-refractivity contribution < 1.29 is 23.5 Å². The fraction of sp³-hybridized carbons (Fsp3) is 0.379. The number of ether oxygens (including phenoxy) is 2. The molecule has 1 aliphatic heterocycles. The molecule has 2 amide bonds.